The minimum absolute atomic E-state index is 0.000222. The molecule has 1 saturated heterocycles. The number of hydrogen-bond acceptors (Lipinski definition) is 6. The summed E-state index contributed by atoms with van der Waals surface area (Å²) in [6.45, 7) is 5.48. The molecule has 0 radical (unpaired) electrons. The van der Waals surface area contributed by atoms with E-state index in [-0.39, 0.29) is 55.2 Å². The topological polar surface area (TPSA) is 113 Å². The highest BCUT2D eigenvalue weighted by Gasteiger charge is 2.29. The molecule has 0 atom stereocenters. The van der Waals surface area contributed by atoms with Gasteiger partial charge in [-0.05, 0) is 45.0 Å². The van der Waals surface area contributed by atoms with E-state index in [2.05, 4.69) is 5.32 Å². The van der Waals surface area contributed by atoms with Crippen LogP contribution >= 0.6 is 0 Å². The highest BCUT2D eigenvalue weighted by Crippen LogP contribution is 2.18. The Morgan fingerprint density at radius 2 is 1.89 bits per heavy atom. The molecule has 1 aromatic carbocycles. The van der Waals surface area contributed by atoms with Crippen molar-refractivity contribution < 1.29 is 27.5 Å². The SMILES string of the molecule is CCOC(=O)CN(C(=O)c1ccc(S(=O)(=O)N2CCNC(=O)C2)cc1)C(C)C. The monoisotopic (exact) mass is 411 g/mol. The number of amides is 2. The van der Waals surface area contributed by atoms with E-state index in [9.17, 15) is 22.8 Å². The number of ether oxygens (including phenoxy) is 1. The fourth-order valence-electron chi connectivity index (χ4n) is 2.74. The lowest BCUT2D eigenvalue weighted by molar-refractivity contribution is -0.144. The Kier molecular flexibility index (Phi) is 7.14. The lowest BCUT2D eigenvalue weighted by Crippen LogP contribution is -2.49. The molecule has 28 heavy (non-hydrogen) atoms. The molecular formula is C18H25N3O6S. The molecule has 10 heteroatoms. The second-order valence-corrected chi connectivity index (χ2v) is 8.48. The van der Waals surface area contributed by atoms with Crippen LogP contribution in [0.4, 0.5) is 0 Å². The number of carbonyl (C=O) groups excluding carboxylic acids is 3. The first-order valence-electron chi connectivity index (χ1n) is 9.00. The van der Waals surface area contributed by atoms with Gasteiger partial charge < -0.3 is 15.0 Å². The molecule has 1 fully saturated rings. The third-order valence-corrected chi connectivity index (χ3v) is 6.09. The summed E-state index contributed by atoms with van der Waals surface area (Å²) in [5.74, 6) is -1.26. The summed E-state index contributed by atoms with van der Waals surface area (Å²) in [5.41, 5.74) is 0.258. The average molecular weight is 411 g/mol. The Morgan fingerprint density at radius 1 is 1.25 bits per heavy atom. The molecule has 1 aliphatic rings. The Balaban J connectivity index is 2.19. The molecule has 1 N–H and O–H groups in total. The first-order valence-corrected chi connectivity index (χ1v) is 10.4. The molecule has 2 rings (SSSR count). The van der Waals surface area contributed by atoms with Gasteiger partial charge in [0.2, 0.25) is 15.9 Å². The summed E-state index contributed by atoms with van der Waals surface area (Å²) in [5, 5.41) is 2.57. The summed E-state index contributed by atoms with van der Waals surface area (Å²) in [6, 6.07) is 5.22. The molecule has 0 spiro atoms. The number of piperazine rings is 1. The number of nitrogens with zero attached hydrogens (tertiary/aromatic N) is 2. The maximum atomic E-state index is 12.7. The number of hydrogen-bond donors (Lipinski definition) is 1. The van der Waals surface area contributed by atoms with Gasteiger partial charge in [-0.2, -0.15) is 4.31 Å². The largest absolute Gasteiger partial charge is 0.465 e. The van der Waals surface area contributed by atoms with E-state index in [1.54, 1.807) is 20.8 Å². The molecule has 2 amide bonds. The van der Waals surface area contributed by atoms with Gasteiger partial charge >= 0.3 is 5.97 Å². The van der Waals surface area contributed by atoms with E-state index in [0.29, 0.717) is 0 Å². The maximum absolute atomic E-state index is 12.7. The minimum atomic E-state index is -3.83. The van der Waals surface area contributed by atoms with E-state index in [0.717, 1.165) is 4.31 Å². The Morgan fingerprint density at radius 3 is 2.43 bits per heavy atom. The molecule has 0 bridgehead atoms. The first-order chi connectivity index (χ1) is 13.2. The van der Waals surface area contributed by atoms with Crippen molar-refractivity contribution in [1.82, 2.24) is 14.5 Å². The third kappa shape index (κ3) is 5.08. The van der Waals surface area contributed by atoms with Crippen molar-refractivity contribution in [1.29, 1.82) is 0 Å². The molecule has 0 unspecified atom stereocenters. The number of esters is 1. The van der Waals surface area contributed by atoms with Gasteiger partial charge in [0.05, 0.1) is 18.0 Å². The zero-order valence-electron chi connectivity index (χ0n) is 16.2. The van der Waals surface area contributed by atoms with Crippen molar-refractivity contribution >= 4 is 27.8 Å². The average Bonchev–Trinajstić information content (AvgIpc) is 2.65. The molecule has 0 aromatic heterocycles. The van der Waals surface area contributed by atoms with E-state index in [1.807, 2.05) is 0 Å². The highest BCUT2D eigenvalue weighted by atomic mass is 32.2. The summed E-state index contributed by atoms with van der Waals surface area (Å²) in [4.78, 5) is 37.3. The van der Waals surface area contributed by atoms with E-state index in [4.69, 9.17) is 4.74 Å². The molecule has 0 saturated carbocycles. The minimum Gasteiger partial charge on any atom is -0.465 e. The first kappa shape index (κ1) is 21.8. The quantitative estimate of drug-likeness (QED) is 0.642. The summed E-state index contributed by atoms with van der Waals surface area (Å²) < 4.78 is 31.3. The van der Waals surface area contributed by atoms with Crippen LogP contribution in [0.15, 0.2) is 29.2 Å². The molecule has 1 aliphatic heterocycles. The highest BCUT2D eigenvalue weighted by molar-refractivity contribution is 7.89. The van der Waals surface area contributed by atoms with Crippen LogP contribution in [0.5, 0.6) is 0 Å². The Bertz CT molecular complexity index is 835. The van der Waals surface area contributed by atoms with Gasteiger partial charge in [0.15, 0.2) is 0 Å². The summed E-state index contributed by atoms with van der Waals surface area (Å²) >= 11 is 0. The predicted molar refractivity (Wildman–Crippen MR) is 101 cm³/mol. The number of nitrogens with one attached hydrogen (secondary N) is 1. The van der Waals surface area contributed by atoms with Crippen molar-refractivity contribution in [2.75, 3.05) is 32.8 Å². The summed E-state index contributed by atoms with van der Waals surface area (Å²) in [6.07, 6.45) is 0. The normalized spacial score (nSPS) is 15.2. The lowest BCUT2D eigenvalue weighted by Gasteiger charge is -2.27. The number of sulfonamides is 1. The van der Waals surface area contributed by atoms with Crippen molar-refractivity contribution in [2.24, 2.45) is 0 Å². The van der Waals surface area contributed by atoms with Crippen molar-refractivity contribution in [3.05, 3.63) is 29.8 Å². The summed E-state index contributed by atoms with van der Waals surface area (Å²) in [7, 11) is -3.83. The van der Waals surface area contributed by atoms with Crippen LogP contribution in [-0.4, -0.2) is 74.2 Å². The molecule has 1 heterocycles. The van der Waals surface area contributed by atoms with Crippen molar-refractivity contribution in [2.45, 2.75) is 31.7 Å². The van der Waals surface area contributed by atoms with Crippen LogP contribution < -0.4 is 5.32 Å². The van der Waals surface area contributed by atoms with Crippen LogP contribution in [-0.2, 0) is 24.3 Å². The number of benzene rings is 1. The van der Waals surface area contributed by atoms with Crippen LogP contribution in [0.2, 0.25) is 0 Å². The second-order valence-electron chi connectivity index (χ2n) is 6.54. The van der Waals surface area contributed by atoms with Crippen molar-refractivity contribution in [3.8, 4) is 0 Å². The zero-order chi connectivity index (χ0) is 20.9. The van der Waals surface area contributed by atoms with Crippen LogP contribution in [0.3, 0.4) is 0 Å². The third-order valence-electron chi connectivity index (χ3n) is 4.23. The van der Waals surface area contributed by atoms with Gasteiger partial charge in [0.1, 0.15) is 6.54 Å². The smallest absolute Gasteiger partial charge is 0.325 e. The zero-order valence-corrected chi connectivity index (χ0v) is 17.0. The predicted octanol–water partition coefficient (Wildman–Crippen LogP) is 0.221. The standard InChI is InChI=1S/C18H25N3O6S/c1-4-27-17(23)12-21(13(2)3)18(24)14-5-7-15(8-6-14)28(25,26)20-10-9-19-16(22)11-20/h5-8,13H,4,9-12H2,1-3H3,(H,19,22). The van der Waals surface area contributed by atoms with E-state index < -0.39 is 21.9 Å². The van der Waals surface area contributed by atoms with Gasteiger partial charge in [-0.15, -0.1) is 0 Å². The van der Waals surface area contributed by atoms with Gasteiger partial charge in [-0.1, -0.05) is 0 Å². The van der Waals surface area contributed by atoms with E-state index >= 15 is 0 Å². The molecule has 0 aliphatic carbocycles. The van der Waals surface area contributed by atoms with Crippen LogP contribution in [0, 0.1) is 0 Å². The lowest BCUT2D eigenvalue weighted by atomic mass is 10.1. The van der Waals surface area contributed by atoms with Gasteiger partial charge in [-0.3, -0.25) is 14.4 Å². The molecular weight excluding hydrogens is 386 g/mol. The molecule has 9 nitrogen and oxygen atoms in total. The second kappa shape index (κ2) is 9.16. The van der Waals surface area contributed by atoms with Gasteiger partial charge in [-0.25, -0.2) is 8.42 Å². The Labute approximate surface area is 164 Å². The Hall–Kier alpha value is -2.46. The van der Waals surface area contributed by atoms with E-state index in [1.165, 1.54) is 29.2 Å². The maximum Gasteiger partial charge on any atom is 0.325 e. The number of carbonyl (C=O) groups is 3. The molecule has 154 valence electrons. The van der Waals surface area contributed by atoms with Gasteiger partial charge in [0.25, 0.3) is 5.91 Å². The van der Waals surface area contributed by atoms with Crippen LogP contribution in [0.1, 0.15) is 31.1 Å². The fraction of sp³-hybridized carbons (Fsp3) is 0.500. The van der Waals surface area contributed by atoms with Crippen molar-refractivity contribution in [3.63, 3.8) is 0 Å². The van der Waals surface area contributed by atoms with Gasteiger partial charge in [0, 0.05) is 24.7 Å². The molecule has 1 aromatic rings. The fourth-order valence-corrected chi connectivity index (χ4v) is 4.14. The van der Waals surface area contributed by atoms with Crippen LogP contribution in [0.25, 0.3) is 0 Å². The number of rotatable bonds is 7.